The first-order valence-corrected chi connectivity index (χ1v) is 9.05. The highest BCUT2D eigenvalue weighted by Crippen LogP contribution is 2.20. The molecule has 0 aliphatic carbocycles. The van der Waals surface area contributed by atoms with Crippen molar-refractivity contribution in [2.45, 2.75) is 12.7 Å². The minimum atomic E-state index is -2.64. The van der Waals surface area contributed by atoms with E-state index in [4.69, 9.17) is 11.6 Å². The summed E-state index contributed by atoms with van der Waals surface area (Å²) < 4.78 is 16.6. The number of thiazole rings is 1. The van der Waals surface area contributed by atoms with E-state index < -0.39 is 15.6 Å². The highest BCUT2D eigenvalue weighted by molar-refractivity contribution is 7.92. The lowest BCUT2D eigenvalue weighted by molar-refractivity contribution is 0.100. The summed E-state index contributed by atoms with van der Waals surface area (Å²) in [7, 11) is -2.64. The van der Waals surface area contributed by atoms with Gasteiger partial charge in [0.2, 0.25) is 0 Å². The number of halogens is 1. The Labute approximate surface area is 127 Å². The highest BCUT2D eigenvalue weighted by atomic mass is 35.5. The number of benzene rings is 1. The zero-order valence-electron chi connectivity index (χ0n) is 11.0. The lowest BCUT2D eigenvalue weighted by atomic mass is 10.1. The van der Waals surface area contributed by atoms with Crippen molar-refractivity contribution >= 4 is 38.6 Å². The fraction of sp³-hybridized carbons (Fsp3) is 0.231. The van der Waals surface area contributed by atoms with Crippen LogP contribution in [0.2, 0.25) is 4.47 Å². The van der Waals surface area contributed by atoms with Crippen molar-refractivity contribution in [3.05, 3.63) is 50.9 Å². The number of aromatic nitrogens is 1. The van der Waals surface area contributed by atoms with Crippen LogP contribution in [-0.2, 0) is 15.5 Å². The zero-order valence-corrected chi connectivity index (χ0v) is 13.4. The minimum Gasteiger partial charge on any atom is -0.266 e. The van der Waals surface area contributed by atoms with E-state index in [0.717, 1.165) is 10.4 Å². The van der Waals surface area contributed by atoms with E-state index in [-0.39, 0.29) is 5.75 Å². The predicted molar refractivity (Wildman–Crippen MR) is 82.8 cm³/mol. The van der Waals surface area contributed by atoms with Gasteiger partial charge >= 0.3 is 0 Å². The molecule has 0 fully saturated rings. The molecule has 4 nitrogen and oxygen atoms in total. The smallest absolute Gasteiger partial charge is 0.266 e. The van der Waals surface area contributed by atoms with Gasteiger partial charge in [-0.1, -0.05) is 29.3 Å². The summed E-state index contributed by atoms with van der Waals surface area (Å²) in [5, 5.41) is 0. The Morgan fingerprint density at radius 1 is 1.40 bits per heavy atom. The lowest BCUT2D eigenvalue weighted by Gasteiger charge is -2.02. The number of aryl methyl sites for hydroxylation is 1. The van der Waals surface area contributed by atoms with Crippen molar-refractivity contribution in [2.75, 3.05) is 6.26 Å². The van der Waals surface area contributed by atoms with Gasteiger partial charge in [-0.05, 0) is 19.1 Å². The Hall–Kier alpha value is -1.24. The first kappa shape index (κ1) is 15.2. The molecule has 1 heterocycles. The summed E-state index contributed by atoms with van der Waals surface area (Å²) in [6, 6.07) is 7.01. The van der Waals surface area contributed by atoms with Gasteiger partial charge < -0.3 is 0 Å². The predicted octanol–water partition coefficient (Wildman–Crippen LogP) is 3.54. The van der Waals surface area contributed by atoms with Crippen LogP contribution in [0.1, 0.15) is 20.8 Å². The minimum absolute atomic E-state index is 0.176. The van der Waals surface area contributed by atoms with Crippen molar-refractivity contribution in [1.29, 1.82) is 0 Å². The van der Waals surface area contributed by atoms with Gasteiger partial charge in [0.15, 0.2) is 4.47 Å². The molecule has 0 bridgehead atoms. The molecule has 1 aromatic carbocycles. The van der Waals surface area contributed by atoms with Crippen LogP contribution < -0.4 is 0 Å². The second-order valence-electron chi connectivity index (χ2n) is 4.45. The number of carbonyl (C=O) groups excluding carboxylic acids is 1. The maximum atomic E-state index is 12.4. The van der Waals surface area contributed by atoms with E-state index in [1.807, 2.05) is 19.1 Å². The molecule has 1 aromatic heterocycles. The monoisotopic (exact) mass is 328 g/mol. The average Bonchev–Trinajstić information content (AvgIpc) is 2.73. The largest absolute Gasteiger partial charge is 0.285 e. The molecular weight excluding hydrogens is 316 g/mol. The molecule has 2 aromatic rings. The fourth-order valence-electron chi connectivity index (χ4n) is 1.57. The standard InChI is InChI=1S/C13H13ClN2O2S2/c1-9-3-5-10(6-4-9)12(17)16-20(2,18)8-11-7-15-13(14)19-11/h3-7H,8H2,1-2H3. The molecule has 106 valence electrons. The Morgan fingerprint density at radius 2 is 2.05 bits per heavy atom. The number of amides is 1. The van der Waals surface area contributed by atoms with Crippen LogP contribution in [0.25, 0.3) is 0 Å². The molecule has 0 saturated heterocycles. The lowest BCUT2D eigenvalue weighted by Crippen LogP contribution is -2.05. The molecule has 0 saturated carbocycles. The van der Waals surface area contributed by atoms with Crippen LogP contribution in [0, 0.1) is 6.92 Å². The summed E-state index contributed by atoms with van der Waals surface area (Å²) in [4.78, 5) is 16.6. The topological polar surface area (TPSA) is 59.4 Å². The normalized spacial score (nSPS) is 13.8. The van der Waals surface area contributed by atoms with Crippen molar-refractivity contribution in [2.24, 2.45) is 4.36 Å². The number of rotatable bonds is 3. The van der Waals surface area contributed by atoms with Gasteiger partial charge in [0.1, 0.15) is 0 Å². The van der Waals surface area contributed by atoms with E-state index in [0.29, 0.717) is 10.0 Å². The van der Waals surface area contributed by atoms with Crippen LogP contribution in [0.15, 0.2) is 34.8 Å². The quantitative estimate of drug-likeness (QED) is 0.865. The second kappa shape index (κ2) is 6.03. The fourth-order valence-corrected chi connectivity index (χ4v) is 4.36. The molecule has 0 aliphatic heterocycles. The summed E-state index contributed by atoms with van der Waals surface area (Å²) in [6.45, 7) is 1.93. The Kier molecular flexibility index (Phi) is 4.57. The molecule has 1 unspecified atom stereocenters. The van der Waals surface area contributed by atoms with Gasteiger partial charge in [-0.3, -0.25) is 4.79 Å². The molecule has 2 rings (SSSR count). The van der Waals surface area contributed by atoms with E-state index in [1.165, 1.54) is 17.6 Å². The summed E-state index contributed by atoms with van der Waals surface area (Å²) in [6.07, 6.45) is 3.02. The van der Waals surface area contributed by atoms with Crippen molar-refractivity contribution in [3.63, 3.8) is 0 Å². The molecule has 0 aliphatic rings. The first-order valence-electron chi connectivity index (χ1n) is 5.77. The van der Waals surface area contributed by atoms with Gasteiger partial charge in [-0.15, -0.1) is 11.3 Å². The van der Waals surface area contributed by atoms with Gasteiger partial charge in [0, 0.05) is 22.9 Å². The summed E-state index contributed by atoms with van der Waals surface area (Å²) in [5.41, 5.74) is 1.49. The zero-order chi connectivity index (χ0) is 14.8. The van der Waals surface area contributed by atoms with Crippen LogP contribution in [0.3, 0.4) is 0 Å². The third-order valence-corrected chi connectivity index (χ3v) is 5.21. The average molecular weight is 329 g/mol. The van der Waals surface area contributed by atoms with Gasteiger partial charge in [0.25, 0.3) is 5.91 Å². The maximum absolute atomic E-state index is 12.4. The third kappa shape index (κ3) is 4.13. The molecule has 0 radical (unpaired) electrons. The van der Waals surface area contributed by atoms with E-state index in [2.05, 4.69) is 9.35 Å². The molecule has 0 N–H and O–H groups in total. The highest BCUT2D eigenvalue weighted by Gasteiger charge is 2.11. The molecule has 7 heteroatoms. The van der Waals surface area contributed by atoms with Crippen LogP contribution >= 0.6 is 22.9 Å². The van der Waals surface area contributed by atoms with Crippen molar-refractivity contribution in [1.82, 2.24) is 4.98 Å². The Balaban J connectivity index is 2.21. The van der Waals surface area contributed by atoms with Crippen molar-refractivity contribution < 1.29 is 9.00 Å². The Morgan fingerprint density at radius 3 is 2.60 bits per heavy atom. The summed E-state index contributed by atoms with van der Waals surface area (Å²) >= 11 is 6.97. The van der Waals surface area contributed by atoms with Gasteiger partial charge in [0.05, 0.1) is 15.5 Å². The molecule has 1 atom stereocenters. The third-order valence-electron chi connectivity index (χ3n) is 2.51. The van der Waals surface area contributed by atoms with E-state index >= 15 is 0 Å². The molecular formula is C13H13ClN2O2S2. The number of carbonyl (C=O) groups is 1. The molecule has 1 amide bonds. The second-order valence-corrected chi connectivity index (χ2v) is 8.53. The van der Waals surface area contributed by atoms with Crippen LogP contribution in [-0.4, -0.2) is 21.4 Å². The Bertz CT molecular complexity index is 744. The first-order chi connectivity index (χ1) is 9.35. The number of hydrogen-bond donors (Lipinski definition) is 0. The number of hydrogen-bond acceptors (Lipinski definition) is 4. The maximum Gasteiger partial charge on any atom is 0.285 e. The van der Waals surface area contributed by atoms with E-state index in [1.54, 1.807) is 18.3 Å². The van der Waals surface area contributed by atoms with Gasteiger partial charge in [-0.2, -0.15) is 4.36 Å². The van der Waals surface area contributed by atoms with Crippen LogP contribution in [0.4, 0.5) is 0 Å². The van der Waals surface area contributed by atoms with Crippen molar-refractivity contribution in [3.8, 4) is 0 Å². The van der Waals surface area contributed by atoms with E-state index in [9.17, 15) is 9.00 Å². The van der Waals surface area contributed by atoms with Crippen LogP contribution in [0.5, 0.6) is 0 Å². The molecule has 20 heavy (non-hydrogen) atoms. The summed E-state index contributed by atoms with van der Waals surface area (Å²) in [5.74, 6) is -0.289. The van der Waals surface area contributed by atoms with Gasteiger partial charge in [-0.25, -0.2) is 9.19 Å². The number of nitrogens with zero attached hydrogens (tertiary/aromatic N) is 2. The SMILES string of the molecule is Cc1ccc(C(=O)N=S(C)(=O)Cc2cnc(Cl)s2)cc1. The molecule has 0 spiro atoms.